The summed E-state index contributed by atoms with van der Waals surface area (Å²) < 4.78 is 6.37. The van der Waals surface area contributed by atoms with Gasteiger partial charge in [-0.3, -0.25) is 9.59 Å². The summed E-state index contributed by atoms with van der Waals surface area (Å²) in [4.78, 5) is 26.6. The summed E-state index contributed by atoms with van der Waals surface area (Å²) in [5.74, 6) is -0.801. The number of nitrogens with zero attached hydrogens (tertiary/aromatic N) is 1. The number of amides is 1. The number of rotatable bonds is 5. The quantitative estimate of drug-likeness (QED) is 0.845. The molecule has 114 valence electrons. The third-order valence-corrected chi connectivity index (χ3v) is 3.94. The second kappa shape index (κ2) is 7.51. The molecule has 0 aromatic carbocycles. The first-order valence-electron chi connectivity index (χ1n) is 6.80. The van der Waals surface area contributed by atoms with Gasteiger partial charge in [0.05, 0.1) is 12.0 Å². The van der Waals surface area contributed by atoms with Gasteiger partial charge in [0.15, 0.2) is 0 Å². The predicted octanol–water partition coefficient (Wildman–Crippen LogP) is 2.44. The van der Waals surface area contributed by atoms with E-state index in [-0.39, 0.29) is 24.5 Å². The molecule has 1 aromatic rings. The number of aliphatic carboxylic acids is 1. The lowest BCUT2D eigenvalue weighted by Gasteiger charge is -2.25. The number of anilines is 1. The predicted molar refractivity (Wildman–Crippen MR) is 79.9 cm³/mol. The molecule has 6 nitrogen and oxygen atoms in total. The van der Waals surface area contributed by atoms with Crippen LogP contribution in [0, 0.1) is 5.92 Å². The molecule has 7 heteroatoms. The summed E-state index contributed by atoms with van der Waals surface area (Å²) in [6.45, 7) is -0.0415. The van der Waals surface area contributed by atoms with Gasteiger partial charge in [0.2, 0.25) is 0 Å². The Morgan fingerprint density at radius 2 is 2.05 bits per heavy atom. The fourth-order valence-electron chi connectivity index (χ4n) is 2.30. The van der Waals surface area contributed by atoms with E-state index in [1.807, 2.05) is 0 Å². The van der Waals surface area contributed by atoms with Crippen molar-refractivity contribution in [2.24, 2.45) is 5.92 Å². The van der Waals surface area contributed by atoms with Crippen LogP contribution in [0.25, 0.3) is 0 Å². The minimum absolute atomic E-state index is 0.0378. The summed E-state index contributed by atoms with van der Waals surface area (Å²) in [7, 11) is 0. The van der Waals surface area contributed by atoms with E-state index in [9.17, 15) is 9.59 Å². The van der Waals surface area contributed by atoms with Gasteiger partial charge in [0, 0.05) is 10.7 Å². The molecule has 1 fully saturated rings. The lowest BCUT2D eigenvalue weighted by atomic mass is 9.87. The lowest BCUT2D eigenvalue weighted by molar-refractivity contribution is -0.144. The fraction of sp³-hybridized carbons (Fsp3) is 0.500. The molecule has 1 aromatic heterocycles. The van der Waals surface area contributed by atoms with E-state index in [4.69, 9.17) is 9.84 Å². The smallest absolute Gasteiger partial charge is 0.306 e. The first-order valence-corrected chi connectivity index (χ1v) is 7.59. The Hall–Kier alpha value is -1.47. The monoisotopic (exact) mass is 356 g/mol. The number of carbonyl (C=O) groups is 2. The Bertz CT molecular complexity index is 498. The summed E-state index contributed by atoms with van der Waals surface area (Å²) in [6.07, 6.45) is 4.14. The number of pyridine rings is 1. The zero-order chi connectivity index (χ0) is 15.2. The molecule has 1 amide bonds. The van der Waals surface area contributed by atoms with Crippen molar-refractivity contribution in [2.75, 3.05) is 11.9 Å². The maximum absolute atomic E-state index is 11.7. The number of hydrogen-bond donors (Lipinski definition) is 2. The standard InChI is InChI=1S/C14H17BrN2O4/c15-10-3-6-12(16-7-10)17-13(18)8-21-11-4-1-9(2-5-11)14(19)20/h3,6-7,9,11H,1-2,4-5,8H2,(H,19,20)(H,16,17,18). The normalized spacial score (nSPS) is 21.8. The van der Waals surface area contributed by atoms with Gasteiger partial charge in [-0.2, -0.15) is 0 Å². The van der Waals surface area contributed by atoms with Crippen LogP contribution in [-0.2, 0) is 14.3 Å². The molecule has 0 spiro atoms. The molecule has 0 unspecified atom stereocenters. The molecule has 1 aliphatic rings. The Kier molecular flexibility index (Phi) is 5.69. The highest BCUT2D eigenvalue weighted by Crippen LogP contribution is 2.26. The summed E-state index contributed by atoms with van der Waals surface area (Å²) in [6, 6.07) is 3.48. The third-order valence-electron chi connectivity index (χ3n) is 3.47. The molecule has 1 heterocycles. The number of carbonyl (C=O) groups excluding carboxylic acids is 1. The Morgan fingerprint density at radius 1 is 1.33 bits per heavy atom. The molecule has 2 N–H and O–H groups in total. The zero-order valence-electron chi connectivity index (χ0n) is 11.4. The molecule has 0 radical (unpaired) electrons. The van der Waals surface area contributed by atoms with E-state index >= 15 is 0 Å². The molecule has 0 atom stereocenters. The number of nitrogens with one attached hydrogen (secondary N) is 1. The highest BCUT2D eigenvalue weighted by Gasteiger charge is 2.26. The zero-order valence-corrected chi connectivity index (χ0v) is 13.0. The third kappa shape index (κ3) is 5.09. The number of hydrogen-bond acceptors (Lipinski definition) is 4. The van der Waals surface area contributed by atoms with Crippen LogP contribution < -0.4 is 5.32 Å². The van der Waals surface area contributed by atoms with Crippen LogP contribution in [0.3, 0.4) is 0 Å². The minimum atomic E-state index is -0.743. The van der Waals surface area contributed by atoms with Crippen molar-refractivity contribution in [3.63, 3.8) is 0 Å². The fourth-order valence-corrected chi connectivity index (χ4v) is 2.53. The van der Waals surface area contributed by atoms with Gasteiger partial charge in [-0.1, -0.05) is 0 Å². The summed E-state index contributed by atoms with van der Waals surface area (Å²) in [5, 5.41) is 11.6. The number of carboxylic acids is 1. The van der Waals surface area contributed by atoms with Crippen molar-refractivity contribution in [1.82, 2.24) is 4.98 Å². The van der Waals surface area contributed by atoms with Gasteiger partial charge < -0.3 is 15.2 Å². The van der Waals surface area contributed by atoms with Crippen molar-refractivity contribution in [3.8, 4) is 0 Å². The molecular weight excluding hydrogens is 340 g/mol. The van der Waals surface area contributed by atoms with Crippen molar-refractivity contribution in [1.29, 1.82) is 0 Å². The van der Waals surface area contributed by atoms with E-state index in [1.54, 1.807) is 18.3 Å². The maximum Gasteiger partial charge on any atom is 0.306 e. The summed E-state index contributed by atoms with van der Waals surface area (Å²) >= 11 is 3.27. The maximum atomic E-state index is 11.7. The Balaban J connectivity index is 1.70. The number of ether oxygens (including phenoxy) is 1. The van der Waals surface area contributed by atoms with E-state index < -0.39 is 5.97 Å². The van der Waals surface area contributed by atoms with Crippen molar-refractivity contribution in [2.45, 2.75) is 31.8 Å². The number of aromatic nitrogens is 1. The minimum Gasteiger partial charge on any atom is -0.481 e. The molecule has 0 aliphatic heterocycles. The Morgan fingerprint density at radius 3 is 2.62 bits per heavy atom. The SMILES string of the molecule is O=C(COC1CCC(C(=O)O)CC1)Nc1ccc(Br)cn1. The van der Waals surface area contributed by atoms with Crippen LogP contribution in [0.15, 0.2) is 22.8 Å². The van der Waals surface area contributed by atoms with Crippen LogP contribution in [0.2, 0.25) is 0 Å². The average Bonchev–Trinajstić information content (AvgIpc) is 2.48. The average molecular weight is 357 g/mol. The van der Waals surface area contributed by atoms with E-state index in [1.165, 1.54) is 0 Å². The van der Waals surface area contributed by atoms with Crippen molar-refractivity contribution in [3.05, 3.63) is 22.8 Å². The molecule has 21 heavy (non-hydrogen) atoms. The first-order chi connectivity index (χ1) is 10.0. The van der Waals surface area contributed by atoms with Crippen LogP contribution >= 0.6 is 15.9 Å². The van der Waals surface area contributed by atoms with Gasteiger partial charge in [-0.15, -0.1) is 0 Å². The second-order valence-corrected chi connectivity index (χ2v) is 5.95. The van der Waals surface area contributed by atoms with E-state index in [2.05, 4.69) is 26.2 Å². The van der Waals surface area contributed by atoms with Crippen molar-refractivity contribution < 1.29 is 19.4 Å². The Labute approximate surface area is 131 Å². The van der Waals surface area contributed by atoms with E-state index in [0.29, 0.717) is 31.5 Å². The highest BCUT2D eigenvalue weighted by atomic mass is 79.9. The number of carboxylic acid groups (broad SMARTS) is 1. The van der Waals surface area contributed by atoms with Gasteiger partial charge >= 0.3 is 5.97 Å². The molecular formula is C14H17BrN2O4. The van der Waals surface area contributed by atoms with Crippen LogP contribution in [0.5, 0.6) is 0 Å². The summed E-state index contributed by atoms with van der Waals surface area (Å²) in [5.41, 5.74) is 0. The largest absolute Gasteiger partial charge is 0.481 e. The molecule has 2 rings (SSSR count). The molecule has 1 saturated carbocycles. The van der Waals surface area contributed by atoms with Gasteiger partial charge in [0.1, 0.15) is 12.4 Å². The first kappa shape index (κ1) is 15.9. The molecule has 0 saturated heterocycles. The van der Waals surface area contributed by atoms with Gasteiger partial charge in [0.25, 0.3) is 5.91 Å². The van der Waals surface area contributed by atoms with Crippen LogP contribution in [0.4, 0.5) is 5.82 Å². The van der Waals surface area contributed by atoms with Crippen LogP contribution in [-0.4, -0.2) is 34.7 Å². The van der Waals surface area contributed by atoms with E-state index in [0.717, 1.165) is 4.47 Å². The van der Waals surface area contributed by atoms with Gasteiger partial charge in [-0.05, 0) is 53.7 Å². The van der Waals surface area contributed by atoms with Crippen molar-refractivity contribution >= 4 is 33.6 Å². The molecule has 0 bridgehead atoms. The second-order valence-electron chi connectivity index (χ2n) is 5.03. The van der Waals surface area contributed by atoms with Gasteiger partial charge in [-0.25, -0.2) is 4.98 Å². The number of halogens is 1. The topological polar surface area (TPSA) is 88.5 Å². The molecule has 1 aliphatic carbocycles. The lowest BCUT2D eigenvalue weighted by Crippen LogP contribution is -2.29. The highest BCUT2D eigenvalue weighted by molar-refractivity contribution is 9.10. The van der Waals surface area contributed by atoms with Crippen LogP contribution in [0.1, 0.15) is 25.7 Å².